The molecule has 1 aromatic carbocycles. The number of benzene rings is 1. The zero-order valence-corrected chi connectivity index (χ0v) is 11.3. The van der Waals surface area contributed by atoms with E-state index in [2.05, 4.69) is 11.9 Å². The first-order valence-electron chi connectivity index (χ1n) is 5.82. The Kier molecular flexibility index (Phi) is 6.47. The Labute approximate surface area is 113 Å². The third-order valence-corrected chi connectivity index (χ3v) is 2.59. The monoisotopic (exact) mass is 267 g/mol. The Balaban J connectivity index is 2.22. The van der Waals surface area contributed by atoms with E-state index in [0.717, 1.165) is 11.1 Å². The van der Waals surface area contributed by atoms with Gasteiger partial charge in [-0.25, -0.2) is 0 Å². The predicted molar refractivity (Wildman–Crippen MR) is 73.8 cm³/mol. The van der Waals surface area contributed by atoms with Gasteiger partial charge in [-0.15, -0.1) is 0 Å². The van der Waals surface area contributed by atoms with Gasteiger partial charge in [-0.2, -0.15) is 0 Å². The number of carbonyl (C=O) groups excluding carboxylic acids is 1. The van der Waals surface area contributed by atoms with Gasteiger partial charge in [0, 0.05) is 11.6 Å². The highest BCUT2D eigenvalue weighted by atomic mass is 35.5. The number of carbonyl (C=O) groups is 1. The van der Waals surface area contributed by atoms with Gasteiger partial charge in [0.15, 0.2) is 0 Å². The lowest BCUT2D eigenvalue weighted by atomic mass is 10.1. The van der Waals surface area contributed by atoms with Crippen LogP contribution in [0.5, 0.6) is 0 Å². The number of nitrogens with one attached hydrogen (secondary N) is 1. The maximum atomic E-state index is 11.6. The highest BCUT2D eigenvalue weighted by molar-refractivity contribution is 6.31. The molecule has 0 spiro atoms. The molecule has 1 rings (SSSR count). The van der Waals surface area contributed by atoms with Crippen LogP contribution < -0.4 is 5.32 Å². The van der Waals surface area contributed by atoms with Crippen LogP contribution in [0.2, 0.25) is 5.02 Å². The molecule has 1 N–H and O–H groups in total. The first kappa shape index (κ1) is 14.7. The normalized spacial score (nSPS) is 10.1. The highest BCUT2D eigenvalue weighted by Gasteiger charge is 2.05. The summed E-state index contributed by atoms with van der Waals surface area (Å²) in [6.07, 6.45) is 0.292. The lowest BCUT2D eigenvalue weighted by Gasteiger charge is -2.07. The van der Waals surface area contributed by atoms with Crippen molar-refractivity contribution in [1.29, 1.82) is 0 Å². The Morgan fingerprint density at radius 1 is 1.44 bits per heavy atom. The van der Waals surface area contributed by atoms with Crippen LogP contribution in [0, 0.1) is 0 Å². The molecule has 0 unspecified atom stereocenters. The number of halogens is 1. The van der Waals surface area contributed by atoms with Gasteiger partial charge in [0.1, 0.15) is 0 Å². The van der Waals surface area contributed by atoms with Crippen molar-refractivity contribution in [1.82, 2.24) is 5.32 Å². The minimum atomic E-state index is -0.0537. The number of hydrogen-bond donors (Lipinski definition) is 1. The number of ether oxygens (including phenoxy) is 1. The Morgan fingerprint density at radius 3 is 2.83 bits per heavy atom. The van der Waals surface area contributed by atoms with Crippen molar-refractivity contribution in [3.63, 3.8) is 0 Å². The van der Waals surface area contributed by atoms with Crippen LogP contribution in [-0.2, 0) is 16.0 Å². The van der Waals surface area contributed by atoms with E-state index in [1.807, 2.05) is 25.1 Å². The van der Waals surface area contributed by atoms with E-state index in [-0.39, 0.29) is 5.91 Å². The van der Waals surface area contributed by atoms with Crippen LogP contribution in [0.25, 0.3) is 0 Å². The first-order chi connectivity index (χ1) is 8.59. The molecular weight excluding hydrogens is 250 g/mol. The molecule has 0 aromatic heterocycles. The minimum Gasteiger partial charge on any atom is -0.375 e. The molecule has 0 saturated heterocycles. The van der Waals surface area contributed by atoms with Gasteiger partial charge in [0.05, 0.1) is 19.6 Å². The van der Waals surface area contributed by atoms with Gasteiger partial charge in [-0.05, 0) is 18.6 Å². The van der Waals surface area contributed by atoms with E-state index >= 15 is 0 Å². The fourth-order valence-corrected chi connectivity index (χ4v) is 1.59. The Morgan fingerprint density at radius 2 is 2.17 bits per heavy atom. The van der Waals surface area contributed by atoms with Crippen LogP contribution in [0.15, 0.2) is 36.4 Å². The molecule has 0 bridgehead atoms. The second-order valence-corrected chi connectivity index (χ2v) is 4.54. The summed E-state index contributed by atoms with van der Waals surface area (Å²) < 4.78 is 5.28. The van der Waals surface area contributed by atoms with Crippen LogP contribution in [0.1, 0.15) is 12.5 Å². The molecule has 0 fully saturated rings. The van der Waals surface area contributed by atoms with Gasteiger partial charge >= 0.3 is 0 Å². The van der Waals surface area contributed by atoms with E-state index in [9.17, 15) is 4.79 Å². The molecule has 0 atom stereocenters. The molecule has 0 heterocycles. The molecule has 0 radical (unpaired) electrons. The molecule has 0 aliphatic rings. The predicted octanol–water partition coefficient (Wildman–Crippen LogP) is 2.59. The number of amides is 1. The van der Waals surface area contributed by atoms with Crippen LogP contribution in [0.3, 0.4) is 0 Å². The summed E-state index contributed by atoms with van der Waals surface area (Å²) in [5, 5.41) is 3.40. The summed E-state index contributed by atoms with van der Waals surface area (Å²) in [4.78, 5) is 11.6. The van der Waals surface area contributed by atoms with Crippen molar-refractivity contribution in [2.75, 3.05) is 19.8 Å². The average Bonchev–Trinajstić information content (AvgIpc) is 2.31. The summed E-state index contributed by atoms with van der Waals surface area (Å²) in [7, 11) is 0. The smallest absolute Gasteiger partial charge is 0.224 e. The minimum absolute atomic E-state index is 0.0537. The Bertz CT molecular complexity index is 418. The molecular formula is C14H18ClNO2. The van der Waals surface area contributed by atoms with E-state index in [0.29, 0.717) is 31.2 Å². The highest BCUT2D eigenvalue weighted by Crippen LogP contribution is 2.14. The molecule has 4 heteroatoms. The lowest BCUT2D eigenvalue weighted by molar-refractivity contribution is -0.120. The average molecular weight is 268 g/mol. The topological polar surface area (TPSA) is 38.3 Å². The van der Waals surface area contributed by atoms with Crippen molar-refractivity contribution >= 4 is 17.5 Å². The van der Waals surface area contributed by atoms with Crippen LogP contribution in [-0.4, -0.2) is 25.7 Å². The zero-order valence-electron chi connectivity index (χ0n) is 10.5. The SMILES string of the molecule is C=C(C)COCCNC(=O)Cc1ccccc1Cl. The van der Waals surface area contributed by atoms with E-state index < -0.39 is 0 Å². The molecule has 0 aliphatic heterocycles. The summed E-state index contributed by atoms with van der Waals surface area (Å²) in [5.74, 6) is -0.0537. The van der Waals surface area contributed by atoms with Crippen LogP contribution >= 0.6 is 11.6 Å². The fourth-order valence-electron chi connectivity index (χ4n) is 1.39. The molecule has 0 aliphatic carbocycles. The second-order valence-electron chi connectivity index (χ2n) is 4.13. The lowest BCUT2D eigenvalue weighted by Crippen LogP contribution is -2.28. The van der Waals surface area contributed by atoms with E-state index in [4.69, 9.17) is 16.3 Å². The van der Waals surface area contributed by atoms with Gasteiger partial charge < -0.3 is 10.1 Å². The zero-order chi connectivity index (χ0) is 13.4. The molecule has 1 aromatic rings. The first-order valence-corrected chi connectivity index (χ1v) is 6.19. The van der Waals surface area contributed by atoms with Crippen molar-refractivity contribution < 1.29 is 9.53 Å². The van der Waals surface area contributed by atoms with Crippen molar-refractivity contribution in [2.24, 2.45) is 0 Å². The molecule has 18 heavy (non-hydrogen) atoms. The van der Waals surface area contributed by atoms with Crippen LogP contribution in [0.4, 0.5) is 0 Å². The van der Waals surface area contributed by atoms with Gasteiger partial charge in [0.25, 0.3) is 0 Å². The third-order valence-electron chi connectivity index (χ3n) is 2.23. The van der Waals surface area contributed by atoms with Gasteiger partial charge in [-0.3, -0.25) is 4.79 Å². The van der Waals surface area contributed by atoms with E-state index in [1.54, 1.807) is 6.07 Å². The summed E-state index contributed by atoms with van der Waals surface area (Å²) in [6, 6.07) is 7.33. The standard InChI is InChI=1S/C14H18ClNO2/c1-11(2)10-18-8-7-16-14(17)9-12-5-3-4-6-13(12)15/h3-6H,1,7-10H2,2H3,(H,16,17). The molecule has 3 nitrogen and oxygen atoms in total. The molecule has 98 valence electrons. The summed E-state index contributed by atoms with van der Waals surface area (Å²) in [5.41, 5.74) is 1.80. The van der Waals surface area contributed by atoms with Crippen molar-refractivity contribution in [3.05, 3.63) is 47.0 Å². The summed E-state index contributed by atoms with van der Waals surface area (Å²) in [6.45, 7) is 7.14. The Hall–Kier alpha value is -1.32. The largest absolute Gasteiger partial charge is 0.375 e. The molecule has 0 saturated carbocycles. The van der Waals surface area contributed by atoms with Gasteiger partial charge in [-0.1, -0.05) is 42.0 Å². The summed E-state index contributed by atoms with van der Waals surface area (Å²) >= 11 is 5.97. The molecule has 1 amide bonds. The maximum absolute atomic E-state index is 11.6. The second kappa shape index (κ2) is 7.90. The third kappa shape index (κ3) is 5.84. The van der Waals surface area contributed by atoms with E-state index in [1.165, 1.54) is 0 Å². The van der Waals surface area contributed by atoms with Crippen molar-refractivity contribution in [3.8, 4) is 0 Å². The van der Waals surface area contributed by atoms with Gasteiger partial charge in [0.2, 0.25) is 5.91 Å². The fraction of sp³-hybridized carbons (Fsp3) is 0.357. The number of rotatable bonds is 7. The van der Waals surface area contributed by atoms with Crippen molar-refractivity contribution in [2.45, 2.75) is 13.3 Å². The number of hydrogen-bond acceptors (Lipinski definition) is 2. The maximum Gasteiger partial charge on any atom is 0.224 e. The quantitative estimate of drug-likeness (QED) is 0.609.